The fourth-order valence-corrected chi connectivity index (χ4v) is 10.1. The third-order valence-electron chi connectivity index (χ3n) is 9.68. The van der Waals surface area contributed by atoms with Gasteiger partial charge in [-0.3, -0.25) is 4.79 Å². The summed E-state index contributed by atoms with van der Waals surface area (Å²) in [5.41, 5.74) is 2.50. The first-order valence-electron chi connectivity index (χ1n) is 12.7. The van der Waals surface area contributed by atoms with Gasteiger partial charge in [0.1, 0.15) is 5.82 Å². The fourth-order valence-electron chi connectivity index (χ4n) is 8.87. The van der Waals surface area contributed by atoms with Gasteiger partial charge in [0, 0.05) is 30.4 Å². The summed E-state index contributed by atoms with van der Waals surface area (Å²) >= 11 is 0. The van der Waals surface area contributed by atoms with Crippen LogP contribution in [0.2, 0.25) is 0 Å². The van der Waals surface area contributed by atoms with E-state index < -0.39 is 15.4 Å². The minimum atomic E-state index is -3.03. The first-order valence-corrected chi connectivity index (χ1v) is 14.6. The number of aliphatic hydroxyl groups is 1. The molecule has 178 valence electrons. The second-order valence-electron chi connectivity index (χ2n) is 12.1. The molecule has 0 spiro atoms. The van der Waals surface area contributed by atoms with E-state index in [0.29, 0.717) is 29.2 Å². The predicted molar refractivity (Wildman–Crippen MR) is 124 cm³/mol. The molecule has 1 aromatic heterocycles. The van der Waals surface area contributed by atoms with Crippen LogP contribution in [0.1, 0.15) is 91.1 Å². The smallest absolute Gasteiger partial charge is 0.255 e. The quantitative estimate of drug-likeness (QED) is 0.703. The predicted octanol–water partition coefficient (Wildman–Crippen LogP) is 2.81. The van der Waals surface area contributed by atoms with Gasteiger partial charge in [-0.2, -0.15) is 0 Å². The van der Waals surface area contributed by atoms with Crippen molar-refractivity contribution in [1.29, 1.82) is 0 Å². The molecule has 8 rings (SSSR count). The molecule has 2 heterocycles. The summed E-state index contributed by atoms with van der Waals surface area (Å²) in [7, 11) is -3.03. The number of carbonyl (C=O) groups excluding carboxylic acids is 1. The number of nitrogens with one attached hydrogen (secondary N) is 1. The molecule has 1 amide bonds. The van der Waals surface area contributed by atoms with Crippen molar-refractivity contribution >= 4 is 21.6 Å². The van der Waals surface area contributed by atoms with Gasteiger partial charge in [-0.05, 0) is 87.0 Å². The van der Waals surface area contributed by atoms with Gasteiger partial charge in [0.25, 0.3) is 5.91 Å². The Bertz CT molecular complexity index is 1120. The average Bonchev–Trinajstić information content (AvgIpc) is 3.34. The number of rotatable bonds is 3. The maximum Gasteiger partial charge on any atom is 0.255 e. The number of fused-ring (bicyclic) bond motifs is 5. The van der Waals surface area contributed by atoms with Crippen LogP contribution in [0, 0.1) is 11.8 Å². The van der Waals surface area contributed by atoms with Crippen LogP contribution >= 0.6 is 0 Å². The molecule has 0 radical (unpaired) electrons. The van der Waals surface area contributed by atoms with E-state index in [1.807, 2.05) is 0 Å². The molecule has 1 saturated heterocycles. The highest BCUT2D eigenvalue weighted by Gasteiger charge is 2.57. The second kappa shape index (κ2) is 6.72. The molecular weight excluding hydrogens is 438 g/mol. The van der Waals surface area contributed by atoms with Crippen LogP contribution in [0.15, 0.2) is 6.20 Å². The third kappa shape index (κ3) is 3.19. The van der Waals surface area contributed by atoms with Crippen molar-refractivity contribution in [3.8, 4) is 0 Å². The molecular formula is C25H33N3O4S. The number of amides is 1. The minimum absolute atomic E-state index is 0.0494. The Morgan fingerprint density at radius 1 is 1.03 bits per heavy atom. The number of sulfone groups is 1. The van der Waals surface area contributed by atoms with Crippen LogP contribution < -0.4 is 5.32 Å². The molecule has 6 aliphatic carbocycles. The van der Waals surface area contributed by atoms with Crippen molar-refractivity contribution in [2.45, 2.75) is 80.8 Å². The highest BCUT2D eigenvalue weighted by molar-refractivity contribution is 7.91. The first-order chi connectivity index (χ1) is 15.7. The van der Waals surface area contributed by atoms with Gasteiger partial charge in [-0.15, -0.1) is 0 Å². The van der Waals surface area contributed by atoms with Crippen LogP contribution in [0.5, 0.6) is 0 Å². The lowest BCUT2D eigenvalue weighted by molar-refractivity contribution is -0.127. The highest BCUT2D eigenvalue weighted by atomic mass is 32.2. The Morgan fingerprint density at radius 3 is 2.36 bits per heavy atom. The molecule has 7 aliphatic rings. The number of carbonyl (C=O) groups is 1. The number of hydrogen-bond donors (Lipinski definition) is 2. The molecule has 1 aromatic rings. The van der Waals surface area contributed by atoms with E-state index in [2.05, 4.69) is 5.32 Å². The summed E-state index contributed by atoms with van der Waals surface area (Å²) in [6.07, 6.45) is 11.3. The normalized spacial score (nSPS) is 41.9. The van der Waals surface area contributed by atoms with Crippen LogP contribution in [-0.4, -0.2) is 65.1 Å². The van der Waals surface area contributed by atoms with E-state index in [1.54, 1.807) is 11.1 Å². The van der Waals surface area contributed by atoms with E-state index in [0.717, 1.165) is 57.2 Å². The summed E-state index contributed by atoms with van der Waals surface area (Å²) in [6.45, 7) is 0.545. The summed E-state index contributed by atoms with van der Waals surface area (Å²) in [5, 5.41) is 15.1. The van der Waals surface area contributed by atoms with Crippen LogP contribution in [0.3, 0.4) is 0 Å². The van der Waals surface area contributed by atoms with E-state index in [4.69, 9.17) is 4.98 Å². The van der Waals surface area contributed by atoms with Crippen molar-refractivity contribution < 1.29 is 18.3 Å². The van der Waals surface area contributed by atoms with Crippen LogP contribution in [-0.2, 0) is 9.84 Å². The number of nitrogens with zero attached hydrogens (tertiary/aromatic N) is 2. The molecule has 4 unspecified atom stereocenters. The topological polar surface area (TPSA) is 99.6 Å². The lowest BCUT2D eigenvalue weighted by atomic mass is 9.51. The maximum atomic E-state index is 13.4. The third-order valence-corrected chi connectivity index (χ3v) is 11.3. The molecule has 0 aromatic carbocycles. The van der Waals surface area contributed by atoms with E-state index in [-0.39, 0.29) is 36.0 Å². The summed E-state index contributed by atoms with van der Waals surface area (Å²) < 4.78 is 23.7. The minimum Gasteiger partial charge on any atom is -0.390 e. The monoisotopic (exact) mass is 471 g/mol. The second-order valence-corrected chi connectivity index (χ2v) is 14.4. The van der Waals surface area contributed by atoms with E-state index >= 15 is 0 Å². The lowest BCUT2D eigenvalue weighted by Gasteiger charge is -2.60. The Morgan fingerprint density at radius 2 is 1.70 bits per heavy atom. The summed E-state index contributed by atoms with van der Waals surface area (Å²) in [4.78, 5) is 20.0. The molecule has 8 heteroatoms. The van der Waals surface area contributed by atoms with Gasteiger partial charge in [-0.1, -0.05) is 0 Å². The molecule has 1 aliphatic heterocycles. The van der Waals surface area contributed by atoms with Crippen molar-refractivity contribution in [3.05, 3.63) is 22.9 Å². The first kappa shape index (κ1) is 20.7. The molecule has 5 saturated carbocycles. The van der Waals surface area contributed by atoms with E-state index in [9.17, 15) is 18.3 Å². The van der Waals surface area contributed by atoms with Crippen molar-refractivity contribution in [1.82, 2.24) is 9.88 Å². The van der Waals surface area contributed by atoms with Gasteiger partial charge >= 0.3 is 0 Å². The van der Waals surface area contributed by atoms with Crippen molar-refractivity contribution in [3.63, 3.8) is 0 Å². The number of hydrogen-bond acceptors (Lipinski definition) is 6. The Labute approximate surface area is 195 Å². The van der Waals surface area contributed by atoms with Crippen LogP contribution in [0.4, 0.5) is 5.82 Å². The fraction of sp³-hybridized carbons (Fsp3) is 0.760. The lowest BCUT2D eigenvalue weighted by Crippen LogP contribution is -2.62. The van der Waals surface area contributed by atoms with Gasteiger partial charge in [0.05, 0.1) is 22.7 Å². The van der Waals surface area contributed by atoms with Crippen LogP contribution in [0.25, 0.3) is 0 Å². The van der Waals surface area contributed by atoms with Gasteiger partial charge in [0.2, 0.25) is 0 Å². The van der Waals surface area contributed by atoms with Gasteiger partial charge in [-0.25, -0.2) is 13.4 Å². The number of anilines is 1. The summed E-state index contributed by atoms with van der Waals surface area (Å²) in [5.74, 6) is 3.04. The van der Waals surface area contributed by atoms with Gasteiger partial charge in [0.15, 0.2) is 9.84 Å². The van der Waals surface area contributed by atoms with Crippen molar-refractivity contribution in [2.75, 3.05) is 29.9 Å². The molecule has 33 heavy (non-hydrogen) atoms. The number of aromatic nitrogens is 1. The Hall–Kier alpha value is -1.67. The largest absolute Gasteiger partial charge is 0.390 e. The average molecular weight is 472 g/mol. The Balaban J connectivity index is 1.23. The van der Waals surface area contributed by atoms with E-state index in [1.165, 1.54) is 17.5 Å². The molecule has 6 bridgehead atoms. The number of pyridine rings is 1. The van der Waals surface area contributed by atoms with Gasteiger partial charge < -0.3 is 15.3 Å². The zero-order chi connectivity index (χ0) is 22.6. The summed E-state index contributed by atoms with van der Waals surface area (Å²) in [6, 6.07) is 0. The molecule has 6 fully saturated rings. The van der Waals surface area contributed by atoms with Crippen molar-refractivity contribution in [2.24, 2.45) is 11.8 Å². The zero-order valence-corrected chi connectivity index (χ0v) is 19.9. The highest BCUT2D eigenvalue weighted by Crippen LogP contribution is 2.60. The maximum absolute atomic E-state index is 13.4. The Kier molecular flexibility index (Phi) is 4.21. The molecule has 4 atom stereocenters. The zero-order valence-electron chi connectivity index (χ0n) is 19.1. The molecule has 2 N–H and O–H groups in total. The molecule has 7 nitrogen and oxygen atoms in total. The SMILES string of the molecule is O=C(c1cnc(NC23CC4CC(CC(O)(C4)C2)C3)c2c1C1CCC2C1)N1CCS(=O)(=O)CC1. The standard InChI is InChI=1S/C25H33N3O4S/c29-23(28-3-5-33(31,32)6-4-28)19-13-26-22(21-18-2-1-17(8-18)20(19)21)27-24-9-15-7-16(10-24)12-25(30,11-15)14-24/h13,15-18,30H,1-12,14H2,(H,26,27).